The van der Waals surface area contributed by atoms with Crippen LogP contribution in [0, 0.1) is 0 Å². The van der Waals surface area contributed by atoms with Gasteiger partial charge in [-0.05, 0) is 6.42 Å². The van der Waals surface area contributed by atoms with E-state index in [0.717, 1.165) is 12.8 Å². The highest BCUT2D eigenvalue weighted by Gasteiger charge is 2.08. The van der Waals surface area contributed by atoms with Crippen LogP contribution >= 0.6 is 12.4 Å². The zero-order valence-electron chi connectivity index (χ0n) is 13.1. The second kappa shape index (κ2) is 13.9. The third kappa shape index (κ3) is 11.3. The van der Waals surface area contributed by atoms with Gasteiger partial charge in [-0.1, -0.05) is 57.9 Å². The largest absolute Gasteiger partial charge is 0.461 e. The number of pyridine rings is 1. The summed E-state index contributed by atoms with van der Waals surface area (Å²) < 4.78 is 7.06. The van der Waals surface area contributed by atoms with E-state index in [-0.39, 0.29) is 18.4 Å². The normalized spacial score (nSPS) is 9.95. The molecule has 1 aromatic rings. The first-order chi connectivity index (χ1) is 9.83. The smallest absolute Gasteiger partial charge is 0.372 e. The van der Waals surface area contributed by atoms with Crippen LogP contribution < -0.4 is 4.57 Å². The fourth-order valence-electron chi connectivity index (χ4n) is 2.16. The molecule has 0 saturated carbocycles. The number of nitrogens with zero attached hydrogens (tertiary/aromatic N) is 1. The van der Waals surface area contributed by atoms with Crippen LogP contribution in [0.15, 0.2) is 30.6 Å². The van der Waals surface area contributed by atoms with E-state index >= 15 is 0 Å². The lowest BCUT2D eigenvalue weighted by Crippen LogP contribution is -2.37. The minimum absolute atomic E-state index is 0. The molecule has 0 N–H and O–H groups in total. The summed E-state index contributed by atoms with van der Waals surface area (Å²) in [5, 5.41) is 0. The molecule has 0 aromatic carbocycles. The van der Waals surface area contributed by atoms with E-state index in [1.807, 2.05) is 35.2 Å². The van der Waals surface area contributed by atoms with Crippen LogP contribution in [0.5, 0.6) is 0 Å². The zero-order valence-corrected chi connectivity index (χ0v) is 13.9. The van der Waals surface area contributed by atoms with Crippen molar-refractivity contribution in [1.29, 1.82) is 0 Å². The van der Waals surface area contributed by atoms with Gasteiger partial charge in [-0.15, -0.1) is 12.4 Å². The fourth-order valence-corrected chi connectivity index (χ4v) is 2.16. The van der Waals surface area contributed by atoms with Gasteiger partial charge in [0.1, 0.15) is 0 Å². The highest BCUT2D eigenvalue weighted by atomic mass is 35.5. The zero-order chi connectivity index (χ0) is 14.5. The molecule has 0 bridgehead atoms. The topological polar surface area (TPSA) is 30.2 Å². The Bertz CT molecular complexity index is 357. The van der Waals surface area contributed by atoms with Crippen molar-refractivity contribution in [1.82, 2.24) is 0 Å². The average molecular weight is 315 g/mol. The minimum Gasteiger partial charge on any atom is -0.461 e. The van der Waals surface area contributed by atoms with E-state index in [1.54, 1.807) is 0 Å². The average Bonchev–Trinajstić information content (AvgIpc) is 2.46. The second-order valence-electron chi connectivity index (χ2n) is 5.24. The van der Waals surface area contributed by atoms with Gasteiger partial charge in [-0.3, -0.25) is 0 Å². The second-order valence-corrected chi connectivity index (χ2v) is 5.24. The van der Waals surface area contributed by atoms with Gasteiger partial charge in [0, 0.05) is 12.1 Å². The molecule has 0 radical (unpaired) electrons. The predicted molar refractivity (Wildman–Crippen MR) is 87.5 cm³/mol. The monoisotopic (exact) mass is 314 g/mol. The van der Waals surface area contributed by atoms with Crippen molar-refractivity contribution in [3.05, 3.63) is 30.6 Å². The maximum Gasteiger partial charge on any atom is 0.372 e. The molecule has 1 aromatic heterocycles. The lowest BCUT2D eigenvalue weighted by molar-refractivity contribution is -0.686. The first-order valence-corrected chi connectivity index (χ1v) is 7.92. The molecule has 3 nitrogen and oxygen atoms in total. The Labute approximate surface area is 135 Å². The molecule has 21 heavy (non-hydrogen) atoms. The van der Waals surface area contributed by atoms with Gasteiger partial charge < -0.3 is 4.74 Å². The highest BCUT2D eigenvalue weighted by Crippen LogP contribution is 2.08. The lowest BCUT2D eigenvalue weighted by atomic mass is 10.1. The van der Waals surface area contributed by atoms with Crippen LogP contribution in [-0.2, 0) is 16.1 Å². The van der Waals surface area contributed by atoms with Crippen LogP contribution in [0.4, 0.5) is 0 Å². The number of hydrogen-bond donors (Lipinski definition) is 0. The van der Waals surface area contributed by atoms with Crippen LogP contribution in [0.2, 0.25) is 0 Å². The van der Waals surface area contributed by atoms with Crippen molar-refractivity contribution in [3.63, 3.8) is 0 Å². The molecule has 0 spiro atoms. The highest BCUT2D eigenvalue weighted by molar-refractivity contribution is 5.85. The first-order valence-electron chi connectivity index (χ1n) is 7.92. The third-order valence-corrected chi connectivity index (χ3v) is 3.35. The number of ether oxygens (including phenoxy) is 1. The Morgan fingerprint density at radius 3 is 2.10 bits per heavy atom. The van der Waals surface area contributed by atoms with Crippen molar-refractivity contribution in [2.75, 3.05) is 6.61 Å². The first kappa shape index (κ1) is 19.9. The summed E-state index contributed by atoms with van der Waals surface area (Å²) in [5.74, 6) is -0.149. The molecule has 120 valence electrons. The molecule has 0 aliphatic rings. The molecule has 0 aliphatic heterocycles. The van der Waals surface area contributed by atoms with Gasteiger partial charge in [0.05, 0.1) is 6.61 Å². The standard InChI is InChI=1S/C17H28NO2.ClH/c1-2-3-4-5-6-7-8-12-15-20-17(19)16-18-13-10-9-11-14-18;/h9-11,13-14H,2-8,12,15-16H2,1H3;1H/q+1;. The van der Waals surface area contributed by atoms with Crippen LogP contribution in [0.1, 0.15) is 58.3 Å². The molecule has 0 aliphatic carbocycles. The van der Waals surface area contributed by atoms with Gasteiger partial charge in [0.2, 0.25) is 6.54 Å². The van der Waals surface area contributed by atoms with Crippen molar-refractivity contribution < 1.29 is 14.1 Å². The number of hydrogen-bond acceptors (Lipinski definition) is 2. The van der Waals surface area contributed by atoms with Gasteiger partial charge in [0.25, 0.3) is 0 Å². The summed E-state index contributed by atoms with van der Waals surface area (Å²) in [6.45, 7) is 3.10. The number of aromatic nitrogens is 1. The molecular formula is C17H29ClNO2+. The Balaban J connectivity index is 0.00000400. The van der Waals surface area contributed by atoms with E-state index in [4.69, 9.17) is 4.74 Å². The fraction of sp³-hybridized carbons (Fsp3) is 0.647. The SMILES string of the molecule is CCCCCCCCCCOC(=O)C[n+]1ccccc1.Cl. The molecule has 0 atom stereocenters. The van der Waals surface area contributed by atoms with Crippen molar-refractivity contribution in [3.8, 4) is 0 Å². The van der Waals surface area contributed by atoms with Crippen LogP contribution in [-0.4, -0.2) is 12.6 Å². The Morgan fingerprint density at radius 2 is 1.48 bits per heavy atom. The van der Waals surface area contributed by atoms with Crippen LogP contribution in [0.3, 0.4) is 0 Å². The molecule has 1 rings (SSSR count). The molecule has 0 fully saturated rings. The van der Waals surface area contributed by atoms with Gasteiger partial charge in [-0.25, -0.2) is 4.79 Å². The summed E-state index contributed by atoms with van der Waals surface area (Å²) in [6, 6.07) is 5.75. The molecule has 4 heteroatoms. The number of carbonyl (C=O) groups excluding carboxylic acids is 1. The molecule has 0 saturated heterocycles. The summed E-state index contributed by atoms with van der Waals surface area (Å²) in [7, 11) is 0. The number of halogens is 1. The lowest BCUT2D eigenvalue weighted by Gasteiger charge is -2.03. The Morgan fingerprint density at radius 1 is 0.905 bits per heavy atom. The summed E-state index contributed by atoms with van der Waals surface area (Å²) in [6.07, 6.45) is 13.8. The van der Waals surface area contributed by atoms with Gasteiger partial charge in [-0.2, -0.15) is 4.57 Å². The third-order valence-electron chi connectivity index (χ3n) is 3.35. The van der Waals surface area contributed by atoms with E-state index in [2.05, 4.69) is 6.92 Å². The Kier molecular flexibility index (Phi) is 13.2. The van der Waals surface area contributed by atoms with Gasteiger partial charge in [0.15, 0.2) is 12.4 Å². The van der Waals surface area contributed by atoms with Crippen molar-refractivity contribution in [2.24, 2.45) is 0 Å². The predicted octanol–water partition coefficient (Wildman–Crippen LogP) is 4.08. The van der Waals surface area contributed by atoms with E-state index in [9.17, 15) is 4.79 Å². The van der Waals surface area contributed by atoms with E-state index in [0.29, 0.717) is 13.2 Å². The maximum atomic E-state index is 11.6. The quantitative estimate of drug-likeness (QED) is 0.350. The summed E-state index contributed by atoms with van der Waals surface area (Å²) >= 11 is 0. The summed E-state index contributed by atoms with van der Waals surface area (Å²) in [5.41, 5.74) is 0. The molecular weight excluding hydrogens is 286 g/mol. The van der Waals surface area contributed by atoms with E-state index in [1.165, 1.54) is 38.5 Å². The van der Waals surface area contributed by atoms with Gasteiger partial charge >= 0.3 is 5.97 Å². The number of esters is 1. The number of unbranched alkanes of at least 4 members (excludes halogenated alkanes) is 7. The minimum atomic E-state index is -0.149. The Hall–Kier alpha value is -1.09. The van der Waals surface area contributed by atoms with Crippen molar-refractivity contribution >= 4 is 18.4 Å². The molecule has 0 unspecified atom stereocenters. The van der Waals surface area contributed by atoms with Crippen LogP contribution in [0.25, 0.3) is 0 Å². The maximum absolute atomic E-state index is 11.6. The molecule has 0 amide bonds. The summed E-state index contributed by atoms with van der Waals surface area (Å²) in [4.78, 5) is 11.6. The van der Waals surface area contributed by atoms with E-state index < -0.39 is 0 Å². The van der Waals surface area contributed by atoms with Crippen molar-refractivity contribution in [2.45, 2.75) is 64.8 Å². The molecule has 1 heterocycles. The number of carbonyl (C=O) groups is 1. The number of rotatable bonds is 11.